The van der Waals surface area contributed by atoms with Gasteiger partial charge in [0.1, 0.15) is 22.2 Å². The van der Waals surface area contributed by atoms with Gasteiger partial charge in [0.25, 0.3) is 10.0 Å². The second-order valence-corrected chi connectivity index (χ2v) is 8.16. The van der Waals surface area contributed by atoms with Crippen LogP contribution in [0.3, 0.4) is 0 Å². The summed E-state index contributed by atoms with van der Waals surface area (Å²) in [5, 5.41) is 4.83. The molecule has 0 radical (unpaired) electrons. The molecule has 3 aromatic rings. The van der Waals surface area contributed by atoms with Crippen molar-refractivity contribution in [2.75, 3.05) is 18.9 Å². The fourth-order valence-electron chi connectivity index (χ4n) is 2.48. The van der Waals surface area contributed by atoms with Gasteiger partial charge in [-0.05, 0) is 25.1 Å². The third-order valence-electron chi connectivity index (χ3n) is 3.72. The van der Waals surface area contributed by atoms with Gasteiger partial charge in [-0.2, -0.15) is 9.78 Å². The minimum Gasteiger partial charge on any atom is -0.497 e. The zero-order chi connectivity index (χ0) is 20.5. The Bertz CT molecular complexity index is 1130. The number of ether oxygens (including phenoxy) is 2. The van der Waals surface area contributed by atoms with Gasteiger partial charge in [-0.15, -0.1) is 0 Å². The van der Waals surface area contributed by atoms with Crippen molar-refractivity contribution in [2.24, 2.45) is 0 Å². The summed E-state index contributed by atoms with van der Waals surface area (Å²) in [4.78, 5) is 4.05. The second-order valence-electron chi connectivity index (χ2n) is 5.66. The molecule has 0 fully saturated rings. The van der Waals surface area contributed by atoms with Crippen LogP contribution in [0.5, 0.6) is 11.5 Å². The van der Waals surface area contributed by atoms with Crippen molar-refractivity contribution in [3.8, 4) is 17.3 Å². The summed E-state index contributed by atoms with van der Waals surface area (Å²) in [6.45, 7) is 1.71. The zero-order valence-corrected chi connectivity index (χ0v) is 17.4. The van der Waals surface area contributed by atoms with Crippen molar-refractivity contribution in [3.63, 3.8) is 0 Å². The fourth-order valence-corrected chi connectivity index (χ4v) is 4.16. The van der Waals surface area contributed by atoms with E-state index < -0.39 is 10.0 Å². The van der Waals surface area contributed by atoms with E-state index in [0.717, 1.165) is 0 Å². The number of pyridine rings is 1. The summed E-state index contributed by atoms with van der Waals surface area (Å²) >= 11 is 12.1. The van der Waals surface area contributed by atoms with Gasteiger partial charge < -0.3 is 9.47 Å². The van der Waals surface area contributed by atoms with Crippen molar-refractivity contribution in [3.05, 3.63) is 52.3 Å². The Kier molecular flexibility index (Phi) is 5.69. The Morgan fingerprint density at radius 2 is 1.86 bits per heavy atom. The molecule has 3 rings (SSSR count). The van der Waals surface area contributed by atoms with E-state index in [9.17, 15) is 8.42 Å². The largest absolute Gasteiger partial charge is 0.497 e. The highest BCUT2D eigenvalue weighted by Gasteiger charge is 2.24. The maximum Gasteiger partial charge on any atom is 0.266 e. The predicted octanol–water partition coefficient (Wildman–Crippen LogP) is 3.70. The van der Waals surface area contributed by atoms with Gasteiger partial charge in [0, 0.05) is 18.3 Å². The SMILES string of the molecule is COc1ccc(OC)c(S(=O)(=O)Nc2cc(C)nn2-c2ncc(Cl)cc2Cl)c1. The summed E-state index contributed by atoms with van der Waals surface area (Å²) in [5.41, 5.74) is 0.558. The number of anilines is 1. The molecule has 0 aliphatic rings. The Balaban J connectivity index is 2.07. The van der Waals surface area contributed by atoms with Crippen molar-refractivity contribution in [1.82, 2.24) is 14.8 Å². The van der Waals surface area contributed by atoms with Gasteiger partial charge in [0.2, 0.25) is 0 Å². The average molecular weight is 443 g/mol. The van der Waals surface area contributed by atoms with Gasteiger partial charge in [0.05, 0.1) is 30.0 Å². The minimum atomic E-state index is -4.04. The quantitative estimate of drug-likeness (QED) is 0.624. The molecule has 28 heavy (non-hydrogen) atoms. The lowest BCUT2D eigenvalue weighted by molar-refractivity contribution is 0.392. The van der Waals surface area contributed by atoms with Crippen molar-refractivity contribution < 1.29 is 17.9 Å². The molecule has 0 unspecified atom stereocenters. The number of methoxy groups -OCH3 is 2. The van der Waals surface area contributed by atoms with Gasteiger partial charge in [-0.1, -0.05) is 23.2 Å². The molecule has 11 heteroatoms. The molecule has 0 atom stereocenters. The van der Waals surface area contributed by atoms with Crippen LogP contribution in [0, 0.1) is 6.92 Å². The molecular weight excluding hydrogens is 427 g/mol. The van der Waals surface area contributed by atoms with Crippen LogP contribution >= 0.6 is 23.2 Å². The highest BCUT2D eigenvalue weighted by molar-refractivity contribution is 7.92. The molecule has 148 valence electrons. The number of rotatable bonds is 6. The van der Waals surface area contributed by atoms with Crippen molar-refractivity contribution >= 4 is 39.0 Å². The highest BCUT2D eigenvalue weighted by atomic mass is 35.5. The molecule has 0 amide bonds. The van der Waals surface area contributed by atoms with E-state index >= 15 is 0 Å². The molecular formula is C17H16Cl2N4O4S. The molecule has 0 saturated heterocycles. The van der Waals surface area contributed by atoms with E-state index in [1.54, 1.807) is 19.1 Å². The Morgan fingerprint density at radius 1 is 1.11 bits per heavy atom. The van der Waals surface area contributed by atoms with Crippen LogP contribution in [0.2, 0.25) is 10.0 Å². The van der Waals surface area contributed by atoms with E-state index in [1.165, 1.54) is 43.3 Å². The summed E-state index contributed by atoms with van der Waals surface area (Å²) in [6.07, 6.45) is 1.39. The third-order valence-corrected chi connectivity index (χ3v) is 5.58. The molecule has 0 saturated carbocycles. The second kappa shape index (κ2) is 7.86. The van der Waals surface area contributed by atoms with Crippen molar-refractivity contribution in [2.45, 2.75) is 11.8 Å². The lowest BCUT2D eigenvalue weighted by Crippen LogP contribution is -2.17. The number of benzene rings is 1. The smallest absolute Gasteiger partial charge is 0.266 e. The molecule has 8 nitrogen and oxygen atoms in total. The van der Waals surface area contributed by atoms with E-state index in [0.29, 0.717) is 16.5 Å². The molecule has 1 aromatic carbocycles. The number of hydrogen-bond acceptors (Lipinski definition) is 6. The first-order valence-electron chi connectivity index (χ1n) is 7.88. The molecule has 0 aliphatic heterocycles. The first kappa shape index (κ1) is 20.2. The van der Waals surface area contributed by atoms with Crippen LogP contribution in [0.4, 0.5) is 5.82 Å². The molecule has 2 heterocycles. The van der Waals surface area contributed by atoms with Crippen LogP contribution in [0.15, 0.2) is 41.4 Å². The predicted molar refractivity (Wildman–Crippen MR) is 106 cm³/mol. The van der Waals surface area contributed by atoms with Crippen LogP contribution in [-0.4, -0.2) is 37.4 Å². The number of nitrogens with one attached hydrogen (secondary N) is 1. The lowest BCUT2D eigenvalue weighted by atomic mass is 10.3. The number of aromatic nitrogens is 3. The highest BCUT2D eigenvalue weighted by Crippen LogP contribution is 2.31. The topological polar surface area (TPSA) is 95.3 Å². The average Bonchev–Trinajstić information content (AvgIpc) is 3.00. The molecule has 0 spiro atoms. The fraction of sp³-hybridized carbons (Fsp3) is 0.176. The maximum absolute atomic E-state index is 13.0. The van der Waals surface area contributed by atoms with E-state index in [4.69, 9.17) is 32.7 Å². The van der Waals surface area contributed by atoms with E-state index in [-0.39, 0.29) is 27.3 Å². The summed E-state index contributed by atoms with van der Waals surface area (Å²) in [6, 6.07) is 7.52. The zero-order valence-electron chi connectivity index (χ0n) is 15.1. The van der Waals surface area contributed by atoms with Gasteiger partial charge in [-0.3, -0.25) is 4.72 Å². The Hall–Kier alpha value is -2.49. The van der Waals surface area contributed by atoms with E-state index in [2.05, 4.69) is 14.8 Å². The molecule has 0 aliphatic carbocycles. The molecule has 0 bridgehead atoms. The van der Waals surface area contributed by atoms with Crippen molar-refractivity contribution in [1.29, 1.82) is 0 Å². The molecule has 2 aromatic heterocycles. The van der Waals surface area contributed by atoms with Crippen LogP contribution in [-0.2, 0) is 10.0 Å². The van der Waals surface area contributed by atoms with Gasteiger partial charge in [-0.25, -0.2) is 13.4 Å². The maximum atomic E-state index is 13.0. The number of nitrogens with zero attached hydrogens (tertiary/aromatic N) is 3. The lowest BCUT2D eigenvalue weighted by Gasteiger charge is -2.14. The van der Waals surface area contributed by atoms with Crippen LogP contribution in [0.1, 0.15) is 5.69 Å². The Labute approximate surface area is 172 Å². The normalized spacial score (nSPS) is 11.3. The summed E-state index contributed by atoms with van der Waals surface area (Å²) < 4.78 is 40.1. The Morgan fingerprint density at radius 3 is 2.50 bits per heavy atom. The number of aryl methyl sites for hydroxylation is 1. The summed E-state index contributed by atoms with van der Waals surface area (Å²) in [7, 11) is -1.22. The van der Waals surface area contributed by atoms with Gasteiger partial charge >= 0.3 is 0 Å². The number of halogens is 2. The molecule has 1 N–H and O–H groups in total. The third kappa shape index (κ3) is 4.01. The van der Waals surface area contributed by atoms with Crippen LogP contribution < -0.4 is 14.2 Å². The summed E-state index contributed by atoms with van der Waals surface area (Å²) in [5.74, 6) is 0.917. The van der Waals surface area contributed by atoms with E-state index in [1.807, 2.05) is 0 Å². The van der Waals surface area contributed by atoms with Gasteiger partial charge in [0.15, 0.2) is 5.82 Å². The minimum absolute atomic E-state index is 0.0880. The first-order chi connectivity index (χ1) is 13.2. The van der Waals surface area contributed by atoms with Crippen LogP contribution in [0.25, 0.3) is 5.82 Å². The number of sulfonamides is 1. The first-order valence-corrected chi connectivity index (χ1v) is 10.1. The standard InChI is InChI=1S/C17H16Cl2N4O4S/c1-10-6-16(23(21-10)17-13(19)7-11(18)9-20-17)22-28(24,25)15-8-12(26-2)4-5-14(15)27-3/h4-9,22H,1-3H3. The monoisotopic (exact) mass is 442 g/mol. The number of hydrogen-bond donors (Lipinski definition) is 1.